The number of nitrogens with zero attached hydrogens (tertiary/aromatic N) is 4. The lowest BCUT2D eigenvalue weighted by Gasteiger charge is -2.28. The summed E-state index contributed by atoms with van der Waals surface area (Å²) in [5.74, 6) is 2.27. The monoisotopic (exact) mass is 441 g/mol. The molecule has 33 heavy (non-hydrogen) atoms. The predicted octanol–water partition coefficient (Wildman–Crippen LogP) is 5.44. The molecule has 0 unspecified atom stereocenters. The van der Waals surface area contributed by atoms with Crippen LogP contribution in [0.3, 0.4) is 0 Å². The van der Waals surface area contributed by atoms with Crippen molar-refractivity contribution in [3.8, 4) is 0 Å². The Bertz CT molecular complexity index is 1200. The van der Waals surface area contributed by atoms with Gasteiger partial charge < -0.3 is 20.5 Å². The van der Waals surface area contributed by atoms with Gasteiger partial charge in [0.2, 0.25) is 11.9 Å². The van der Waals surface area contributed by atoms with Gasteiger partial charge in [0.25, 0.3) is 0 Å². The fourth-order valence-electron chi connectivity index (χ4n) is 4.35. The number of aromatic nitrogens is 4. The van der Waals surface area contributed by atoms with E-state index in [9.17, 15) is 0 Å². The first kappa shape index (κ1) is 21.2. The quantitative estimate of drug-likeness (QED) is 0.316. The molecule has 1 aliphatic rings. The maximum atomic E-state index is 4.91. The zero-order valence-corrected chi connectivity index (χ0v) is 19.1. The van der Waals surface area contributed by atoms with E-state index in [1.165, 1.54) is 30.4 Å². The maximum absolute atomic E-state index is 4.91. The average Bonchev–Trinajstić information content (AvgIpc) is 3.25. The number of benzene rings is 2. The highest BCUT2D eigenvalue weighted by atomic mass is 15.3. The third kappa shape index (κ3) is 5.25. The van der Waals surface area contributed by atoms with Gasteiger partial charge in [0.05, 0.1) is 0 Å². The number of hydrogen-bond donors (Lipinski definition) is 3. The zero-order chi connectivity index (χ0) is 22.5. The Balaban J connectivity index is 1.36. The number of aromatic amines is 1. The number of fused-ring (bicyclic) bond motifs is 1. The SMILES string of the molecule is Cc1cccc(Nc2nc3nc(NCCCc4ccccc4)nc(N4CCCCC4)c3[nH]2)c1. The predicted molar refractivity (Wildman–Crippen MR) is 135 cm³/mol. The summed E-state index contributed by atoms with van der Waals surface area (Å²) in [5, 5.41) is 6.81. The normalized spacial score (nSPS) is 13.9. The Morgan fingerprint density at radius 2 is 1.79 bits per heavy atom. The first-order valence-electron chi connectivity index (χ1n) is 11.9. The van der Waals surface area contributed by atoms with Crippen LogP contribution in [0.25, 0.3) is 11.2 Å². The van der Waals surface area contributed by atoms with E-state index in [0.29, 0.717) is 17.5 Å². The second-order valence-electron chi connectivity index (χ2n) is 8.71. The first-order chi connectivity index (χ1) is 16.2. The Morgan fingerprint density at radius 1 is 0.939 bits per heavy atom. The van der Waals surface area contributed by atoms with Crippen molar-refractivity contribution in [3.63, 3.8) is 0 Å². The van der Waals surface area contributed by atoms with E-state index in [1.54, 1.807) is 0 Å². The number of imidazole rings is 1. The van der Waals surface area contributed by atoms with Crippen molar-refractivity contribution in [2.75, 3.05) is 35.2 Å². The van der Waals surface area contributed by atoms with Gasteiger partial charge >= 0.3 is 0 Å². The minimum absolute atomic E-state index is 0.643. The highest BCUT2D eigenvalue weighted by molar-refractivity contribution is 5.87. The van der Waals surface area contributed by atoms with Crippen LogP contribution in [0, 0.1) is 6.92 Å². The molecule has 0 bridgehead atoms. The summed E-state index contributed by atoms with van der Waals surface area (Å²) < 4.78 is 0. The van der Waals surface area contributed by atoms with Gasteiger partial charge in [-0.15, -0.1) is 0 Å². The number of aryl methyl sites for hydroxylation is 2. The molecule has 0 saturated carbocycles. The summed E-state index contributed by atoms with van der Waals surface area (Å²) >= 11 is 0. The molecule has 1 fully saturated rings. The van der Waals surface area contributed by atoms with Crippen molar-refractivity contribution in [1.82, 2.24) is 19.9 Å². The van der Waals surface area contributed by atoms with Crippen molar-refractivity contribution in [2.24, 2.45) is 0 Å². The standard InChI is InChI=1S/C26H31N7/c1-19-10-8-14-21(18-19)28-26-29-22-23(31-26)30-25(32-24(22)33-16-6-3-7-17-33)27-15-9-13-20-11-4-2-5-12-20/h2,4-5,8,10-12,14,18H,3,6-7,9,13,15-17H2,1H3,(H3,27,28,29,30,31,32). The molecule has 170 valence electrons. The molecule has 2 aromatic heterocycles. The summed E-state index contributed by atoms with van der Waals surface area (Å²) in [4.78, 5) is 20.2. The highest BCUT2D eigenvalue weighted by Crippen LogP contribution is 2.28. The van der Waals surface area contributed by atoms with Gasteiger partial charge in [-0.1, -0.05) is 42.5 Å². The second kappa shape index (κ2) is 9.90. The lowest BCUT2D eigenvalue weighted by Crippen LogP contribution is -2.30. The third-order valence-corrected chi connectivity index (χ3v) is 6.04. The molecule has 3 heterocycles. The van der Waals surface area contributed by atoms with Crippen LogP contribution in [-0.4, -0.2) is 39.6 Å². The fourth-order valence-corrected chi connectivity index (χ4v) is 4.35. The van der Waals surface area contributed by atoms with Gasteiger partial charge in [0.1, 0.15) is 5.52 Å². The van der Waals surface area contributed by atoms with E-state index in [4.69, 9.17) is 15.0 Å². The molecule has 7 nitrogen and oxygen atoms in total. The number of anilines is 4. The molecule has 2 aromatic carbocycles. The van der Waals surface area contributed by atoms with Crippen LogP contribution >= 0.6 is 0 Å². The summed E-state index contributed by atoms with van der Waals surface area (Å²) in [5.41, 5.74) is 5.13. The molecule has 0 amide bonds. The van der Waals surface area contributed by atoms with Crippen molar-refractivity contribution in [2.45, 2.75) is 39.0 Å². The summed E-state index contributed by atoms with van der Waals surface area (Å²) in [6.07, 6.45) is 5.70. The van der Waals surface area contributed by atoms with E-state index >= 15 is 0 Å². The van der Waals surface area contributed by atoms with Crippen molar-refractivity contribution >= 4 is 34.6 Å². The lowest BCUT2D eigenvalue weighted by atomic mass is 10.1. The zero-order valence-electron chi connectivity index (χ0n) is 19.1. The van der Waals surface area contributed by atoms with Crippen LogP contribution in [0.5, 0.6) is 0 Å². The number of H-pyrrole nitrogens is 1. The Kier molecular flexibility index (Phi) is 6.37. The number of nitrogens with one attached hydrogen (secondary N) is 3. The first-order valence-corrected chi connectivity index (χ1v) is 11.9. The number of hydrogen-bond acceptors (Lipinski definition) is 6. The smallest absolute Gasteiger partial charge is 0.226 e. The minimum atomic E-state index is 0.643. The van der Waals surface area contributed by atoms with Gasteiger partial charge in [-0.3, -0.25) is 0 Å². The average molecular weight is 442 g/mol. The van der Waals surface area contributed by atoms with Gasteiger partial charge in [0, 0.05) is 25.3 Å². The molecule has 4 aromatic rings. The van der Waals surface area contributed by atoms with Crippen LogP contribution in [0.4, 0.5) is 23.4 Å². The molecule has 1 aliphatic heterocycles. The maximum Gasteiger partial charge on any atom is 0.226 e. The fraction of sp³-hybridized carbons (Fsp3) is 0.346. The van der Waals surface area contributed by atoms with Gasteiger partial charge in [-0.05, 0) is 62.3 Å². The Morgan fingerprint density at radius 3 is 2.61 bits per heavy atom. The van der Waals surface area contributed by atoms with Crippen LogP contribution in [0.1, 0.15) is 36.8 Å². The van der Waals surface area contributed by atoms with Gasteiger partial charge in [-0.25, -0.2) is 0 Å². The minimum Gasteiger partial charge on any atom is -0.355 e. The van der Waals surface area contributed by atoms with Gasteiger partial charge in [0.15, 0.2) is 11.5 Å². The largest absolute Gasteiger partial charge is 0.355 e. The number of rotatable bonds is 8. The van der Waals surface area contributed by atoms with Crippen molar-refractivity contribution in [1.29, 1.82) is 0 Å². The van der Waals surface area contributed by atoms with Crippen molar-refractivity contribution < 1.29 is 0 Å². The molecule has 0 spiro atoms. The highest BCUT2D eigenvalue weighted by Gasteiger charge is 2.20. The summed E-state index contributed by atoms with van der Waals surface area (Å²) in [7, 11) is 0. The molecule has 3 N–H and O–H groups in total. The van der Waals surface area contributed by atoms with Gasteiger partial charge in [-0.2, -0.15) is 15.0 Å². The lowest BCUT2D eigenvalue weighted by molar-refractivity contribution is 0.574. The van der Waals surface area contributed by atoms with E-state index in [-0.39, 0.29) is 0 Å². The summed E-state index contributed by atoms with van der Waals surface area (Å²) in [6.45, 7) is 4.93. The molecule has 7 heteroatoms. The summed E-state index contributed by atoms with van der Waals surface area (Å²) in [6, 6.07) is 18.8. The topological polar surface area (TPSA) is 81.8 Å². The third-order valence-electron chi connectivity index (χ3n) is 6.04. The van der Waals surface area contributed by atoms with E-state index in [1.807, 2.05) is 12.1 Å². The number of piperidine rings is 1. The molecule has 0 atom stereocenters. The molecule has 1 saturated heterocycles. The molecule has 5 rings (SSSR count). The Hall–Kier alpha value is -3.61. The van der Waals surface area contributed by atoms with E-state index < -0.39 is 0 Å². The molecular weight excluding hydrogens is 410 g/mol. The van der Waals surface area contributed by atoms with Crippen molar-refractivity contribution in [3.05, 3.63) is 65.7 Å². The second-order valence-corrected chi connectivity index (χ2v) is 8.71. The van der Waals surface area contributed by atoms with Crippen LogP contribution in [0.2, 0.25) is 0 Å². The van der Waals surface area contributed by atoms with E-state index in [2.05, 4.69) is 69.9 Å². The van der Waals surface area contributed by atoms with E-state index in [0.717, 1.165) is 49.5 Å². The van der Waals surface area contributed by atoms with Crippen LogP contribution in [-0.2, 0) is 6.42 Å². The van der Waals surface area contributed by atoms with Crippen LogP contribution < -0.4 is 15.5 Å². The molecule has 0 aliphatic carbocycles. The molecule has 0 radical (unpaired) electrons. The Labute approximate surface area is 194 Å². The molecular formula is C26H31N7. The van der Waals surface area contributed by atoms with Crippen LogP contribution in [0.15, 0.2) is 54.6 Å².